The van der Waals surface area contributed by atoms with E-state index in [0.717, 1.165) is 42.8 Å². The molecule has 2 aromatic heterocycles. The SMILES string of the molecule is CC(C)n1c(C2CCCN(C(=O)Cc3ccoc3)C2)nc2ccccc21. The molecule has 5 heteroatoms. The number of fused-ring (bicyclic) bond motifs is 1. The molecule has 0 saturated carbocycles. The van der Waals surface area contributed by atoms with Crippen LogP contribution in [0.3, 0.4) is 0 Å². The smallest absolute Gasteiger partial charge is 0.227 e. The van der Waals surface area contributed by atoms with Gasteiger partial charge in [0.1, 0.15) is 5.82 Å². The Kier molecular flexibility index (Phi) is 4.53. The summed E-state index contributed by atoms with van der Waals surface area (Å²) < 4.78 is 7.42. The molecule has 1 aliphatic rings. The van der Waals surface area contributed by atoms with E-state index in [4.69, 9.17) is 9.40 Å². The number of piperidine rings is 1. The zero-order valence-electron chi connectivity index (χ0n) is 15.4. The van der Waals surface area contributed by atoms with Crippen LogP contribution in [0.15, 0.2) is 47.3 Å². The quantitative estimate of drug-likeness (QED) is 0.709. The third kappa shape index (κ3) is 3.14. The number of rotatable bonds is 4. The molecular formula is C21H25N3O2. The highest BCUT2D eigenvalue weighted by atomic mass is 16.3. The Balaban J connectivity index is 1.59. The Hall–Kier alpha value is -2.56. The van der Waals surface area contributed by atoms with Gasteiger partial charge in [-0.15, -0.1) is 0 Å². The summed E-state index contributed by atoms with van der Waals surface area (Å²) in [6, 6.07) is 10.5. The predicted octanol–water partition coefficient (Wildman–Crippen LogP) is 4.16. The highest BCUT2D eigenvalue weighted by Crippen LogP contribution is 2.31. The van der Waals surface area contributed by atoms with Crippen LogP contribution in [0, 0.1) is 0 Å². The molecule has 1 fully saturated rings. The average molecular weight is 351 g/mol. The van der Waals surface area contributed by atoms with E-state index in [0.29, 0.717) is 12.5 Å². The second-order valence-electron chi connectivity index (χ2n) is 7.41. The van der Waals surface area contributed by atoms with Crippen molar-refractivity contribution in [3.8, 4) is 0 Å². The summed E-state index contributed by atoms with van der Waals surface area (Å²) in [6.07, 6.45) is 5.77. The zero-order valence-corrected chi connectivity index (χ0v) is 15.4. The van der Waals surface area contributed by atoms with Gasteiger partial charge in [-0.1, -0.05) is 12.1 Å². The predicted molar refractivity (Wildman–Crippen MR) is 101 cm³/mol. The zero-order chi connectivity index (χ0) is 18.1. The van der Waals surface area contributed by atoms with Gasteiger partial charge < -0.3 is 13.9 Å². The van der Waals surface area contributed by atoms with E-state index in [1.54, 1.807) is 12.5 Å². The fourth-order valence-corrected chi connectivity index (χ4v) is 3.99. The summed E-state index contributed by atoms with van der Waals surface area (Å²) in [7, 11) is 0. The van der Waals surface area contributed by atoms with Gasteiger partial charge in [-0.05, 0) is 50.5 Å². The van der Waals surface area contributed by atoms with Crippen molar-refractivity contribution in [3.05, 3.63) is 54.2 Å². The summed E-state index contributed by atoms with van der Waals surface area (Å²) >= 11 is 0. The highest BCUT2D eigenvalue weighted by Gasteiger charge is 2.29. The lowest BCUT2D eigenvalue weighted by Gasteiger charge is -2.33. The van der Waals surface area contributed by atoms with E-state index in [9.17, 15) is 4.79 Å². The number of imidazole rings is 1. The standard InChI is InChI=1S/C21H25N3O2/c1-15(2)24-19-8-4-3-7-18(19)22-21(24)17-6-5-10-23(13-17)20(25)12-16-9-11-26-14-16/h3-4,7-9,11,14-15,17H,5-6,10,12-13H2,1-2H3. The molecule has 26 heavy (non-hydrogen) atoms. The Labute approximate surface area is 153 Å². The number of para-hydroxylation sites is 2. The second-order valence-corrected chi connectivity index (χ2v) is 7.41. The number of nitrogens with zero attached hydrogens (tertiary/aromatic N) is 3. The molecule has 0 aliphatic carbocycles. The Bertz CT molecular complexity index is 895. The number of hydrogen-bond donors (Lipinski definition) is 0. The van der Waals surface area contributed by atoms with Gasteiger partial charge in [-0.25, -0.2) is 4.98 Å². The largest absolute Gasteiger partial charge is 0.472 e. The molecule has 3 aromatic rings. The Morgan fingerprint density at radius 3 is 2.92 bits per heavy atom. The summed E-state index contributed by atoms with van der Waals surface area (Å²) in [5, 5.41) is 0. The number of likely N-dealkylation sites (tertiary alicyclic amines) is 1. The van der Waals surface area contributed by atoms with Crippen LogP contribution in [0.2, 0.25) is 0 Å². The second kappa shape index (κ2) is 6.98. The molecule has 5 nitrogen and oxygen atoms in total. The van der Waals surface area contributed by atoms with Gasteiger partial charge in [0.05, 0.1) is 30.0 Å². The number of furan rings is 1. The third-order valence-electron chi connectivity index (χ3n) is 5.21. The fourth-order valence-electron chi connectivity index (χ4n) is 3.99. The third-order valence-corrected chi connectivity index (χ3v) is 5.21. The van der Waals surface area contributed by atoms with Gasteiger partial charge in [-0.3, -0.25) is 4.79 Å². The number of amides is 1. The van der Waals surface area contributed by atoms with Crippen LogP contribution >= 0.6 is 0 Å². The average Bonchev–Trinajstić information content (AvgIpc) is 3.29. The normalized spacial score (nSPS) is 18.0. The van der Waals surface area contributed by atoms with Crippen molar-refractivity contribution in [2.75, 3.05) is 13.1 Å². The molecule has 1 amide bonds. The van der Waals surface area contributed by atoms with E-state index < -0.39 is 0 Å². The molecule has 1 aliphatic heterocycles. The van der Waals surface area contributed by atoms with Gasteiger partial charge in [0.2, 0.25) is 5.91 Å². The van der Waals surface area contributed by atoms with Crippen molar-refractivity contribution >= 4 is 16.9 Å². The van der Waals surface area contributed by atoms with Crippen molar-refractivity contribution in [3.63, 3.8) is 0 Å². The molecule has 1 atom stereocenters. The summed E-state index contributed by atoms with van der Waals surface area (Å²) in [5.74, 6) is 1.57. The first-order valence-electron chi connectivity index (χ1n) is 9.39. The van der Waals surface area contributed by atoms with Crippen LogP contribution in [0.25, 0.3) is 11.0 Å². The van der Waals surface area contributed by atoms with Crippen LogP contribution in [0.1, 0.15) is 50.0 Å². The number of carbonyl (C=O) groups is 1. The molecule has 136 valence electrons. The van der Waals surface area contributed by atoms with Crippen molar-refractivity contribution in [1.82, 2.24) is 14.5 Å². The summed E-state index contributed by atoms with van der Waals surface area (Å²) in [6.45, 7) is 5.96. The van der Waals surface area contributed by atoms with Crippen molar-refractivity contribution in [1.29, 1.82) is 0 Å². The molecule has 1 saturated heterocycles. The minimum atomic E-state index is 0.170. The molecular weight excluding hydrogens is 326 g/mol. The van der Waals surface area contributed by atoms with Crippen molar-refractivity contribution in [2.24, 2.45) is 0 Å². The maximum atomic E-state index is 12.7. The van der Waals surface area contributed by atoms with E-state index in [2.05, 4.69) is 36.6 Å². The van der Waals surface area contributed by atoms with E-state index >= 15 is 0 Å². The Morgan fingerprint density at radius 2 is 2.15 bits per heavy atom. The maximum Gasteiger partial charge on any atom is 0.227 e. The van der Waals surface area contributed by atoms with Crippen LogP contribution in [-0.4, -0.2) is 33.4 Å². The topological polar surface area (TPSA) is 51.3 Å². The lowest BCUT2D eigenvalue weighted by molar-refractivity contribution is -0.131. The van der Waals surface area contributed by atoms with Crippen LogP contribution in [0.5, 0.6) is 0 Å². The first-order valence-corrected chi connectivity index (χ1v) is 9.39. The Morgan fingerprint density at radius 1 is 1.31 bits per heavy atom. The number of hydrogen-bond acceptors (Lipinski definition) is 3. The first-order chi connectivity index (χ1) is 12.6. The number of carbonyl (C=O) groups excluding carboxylic acids is 1. The number of aromatic nitrogens is 2. The van der Waals surface area contributed by atoms with Crippen LogP contribution < -0.4 is 0 Å². The molecule has 0 bridgehead atoms. The molecule has 0 spiro atoms. The monoisotopic (exact) mass is 351 g/mol. The van der Waals surface area contributed by atoms with E-state index in [-0.39, 0.29) is 11.8 Å². The van der Waals surface area contributed by atoms with E-state index in [1.165, 1.54) is 5.52 Å². The lowest BCUT2D eigenvalue weighted by Crippen LogP contribution is -2.40. The van der Waals surface area contributed by atoms with Crippen LogP contribution in [0.4, 0.5) is 0 Å². The van der Waals surface area contributed by atoms with Gasteiger partial charge in [-0.2, -0.15) is 0 Å². The van der Waals surface area contributed by atoms with Crippen LogP contribution in [-0.2, 0) is 11.2 Å². The van der Waals surface area contributed by atoms with Gasteiger partial charge in [0, 0.05) is 25.0 Å². The molecule has 0 N–H and O–H groups in total. The minimum Gasteiger partial charge on any atom is -0.472 e. The molecule has 4 rings (SSSR count). The fraction of sp³-hybridized carbons (Fsp3) is 0.429. The van der Waals surface area contributed by atoms with Gasteiger partial charge in [0.25, 0.3) is 0 Å². The molecule has 1 aromatic carbocycles. The molecule has 0 radical (unpaired) electrons. The van der Waals surface area contributed by atoms with Gasteiger partial charge in [0.15, 0.2) is 0 Å². The number of benzene rings is 1. The van der Waals surface area contributed by atoms with Crippen molar-refractivity contribution in [2.45, 2.75) is 45.1 Å². The first kappa shape index (κ1) is 16.9. The summed E-state index contributed by atoms with van der Waals surface area (Å²) in [5.41, 5.74) is 3.16. The highest BCUT2D eigenvalue weighted by molar-refractivity contribution is 5.79. The molecule has 3 heterocycles. The van der Waals surface area contributed by atoms with Crippen molar-refractivity contribution < 1.29 is 9.21 Å². The van der Waals surface area contributed by atoms with E-state index in [1.807, 2.05) is 17.0 Å². The maximum absolute atomic E-state index is 12.7. The minimum absolute atomic E-state index is 0.170. The van der Waals surface area contributed by atoms with Gasteiger partial charge >= 0.3 is 0 Å². The molecule has 1 unspecified atom stereocenters. The lowest BCUT2D eigenvalue weighted by atomic mass is 9.96. The summed E-state index contributed by atoms with van der Waals surface area (Å²) in [4.78, 5) is 19.6.